The molecular weight excluding hydrogens is 101 g/mol. The Morgan fingerprint density at radius 1 is 2.00 bits per heavy atom. The van der Waals surface area contributed by atoms with Gasteiger partial charge in [0.2, 0.25) is 0 Å². The molecule has 0 spiro atoms. The Labute approximate surface area is 41.7 Å². The van der Waals surface area contributed by atoms with Crippen LogP contribution >= 0.6 is 11.6 Å². The summed E-state index contributed by atoms with van der Waals surface area (Å²) in [6.45, 7) is 3.30. The number of rotatable bonds is 3. The van der Waals surface area contributed by atoms with E-state index in [9.17, 15) is 0 Å². The Morgan fingerprint density at radius 2 is 2.67 bits per heavy atom. The summed E-state index contributed by atoms with van der Waals surface area (Å²) in [7, 11) is 0. The lowest BCUT2D eigenvalue weighted by molar-refractivity contribution is 0.111. The molecule has 1 N–H and O–H groups in total. The molecule has 0 atom stereocenters. The first-order chi connectivity index (χ1) is 2.91. The molecule has 0 unspecified atom stereocenters. The van der Waals surface area contributed by atoms with Crippen molar-refractivity contribution in [2.75, 3.05) is 6.07 Å². The number of nitrogens with one attached hydrogen (secondary N) is 1. The van der Waals surface area contributed by atoms with Crippen LogP contribution in [0, 0.1) is 0 Å². The lowest BCUT2D eigenvalue weighted by atomic mass is 11.1. The molecule has 0 amide bonds. The van der Waals surface area contributed by atoms with Gasteiger partial charge in [-0.15, -0.1) is 0 Å². The first-order valence-electron chi connectivity index (χ1n) is 1.46. The molecule has 0 aromatic rings. The van der Waals surface area contributed by atoms with Gasteiger partial charge in [0.1, 0.15) is 6.07 Å². The van der Waals surface area contributed by atoms with E-state index in [1.165, 1.54) is 6.20 Å². The van der Waals surface area contributed by atoms with E-state index in [-0.39, 0.29) is 6.07 Å². The van der Waals surface area contributed by atoms with Gasteiger partial charge in [-0.3, -0.25) is 10.3 Å². The molecule has 3 heteroatoms. The largest absolute Gasteiger partial charge is 0.274 e. The third-order valence-electron chi connectivity index (χ3n) is 0.221. The number of hydrogen-bond donors (Lipinski definition) is 1. The average Bonchev–Trinajstić information content (AvgIpc) is 1.61. The molecule has 0 rings (SSSR count). The van der Waals surface area contributed by atoms with Crippen molar-refractivity contribution < 1.29 is 4.84 Å². The molecule has 0 radical (unpaired) electrons. The maximum Gasteiger partial charge on any atom is 0.148 e. The summed E-state index contributed by atoms with van der Waals surface area (Å²) in [5, 5.41) is 0. The second kappa shape index (κ2) is 4.79. The average molecular weight is 108 g/mol. The number of halogens is 1. The van der Waals surface area contributed by atoms with Gasteiger partial charge in [-0.1, -0.05) is 18.2 Å². The van der Waals surface area contributed by atoms with Gasteiger partial charge in [-0.25, -0.2) is 0 Å². The maximum absolute atomic E-state index is 5.05. The molecule has 0 aliphatic heterocycles. The molecule has 0 saturated carbocycles. The van der Waals surface area contributed by atoms with Crippen LogP contribution in [0.1, 0.15) is 0 Å². The van der Waals surface area contributed by atoms with Crippen LogP contribution in [0.25, 0.3) is 0 Å². The molecule has 0 heterocycles. The molecule has 2 nitrogen and oxygen atoms in total. The molecule has 0 aliphatic rings. The Hall–Kier alpha value is -0.210. The monoisotopic (exact) mass is 107 g/mol. The first kappa shape index (κ1) is 5.79. The molecule has 0 fully saturated rings. The fourth-order valence-electron chi connectivity index (χ4n) is 0.0904. The van der Waals surface area contributed by atoms with Gasteiger partial charge in [0, 0.05) is 6.20 Å². The predicted octanol–water partition coefficient (Wildman–Crippen LogP) is 0.847. The fraction of sp³-hybridized carbons (Fsp3) is 0.333. The third-order valence-corrected chi connectivity index (χ3v) is 0.330. The van der Waals surface area contributed by atoms with E-state index in [1.807, 2.05) is 0 Å². The smallest absolute Gasteiger partial charge is 0.148 e. The minimum Gasteiger partial charge on any atom is -0.274 e. The van der Waals surface area contributed by atoms with E-state index in [1.54, 1.807) is 0 Å². The highest BCUT2D eigenvalue weighted by Crippen LogP contribution is 1.69. The normalized spacial score (nSPS) is 7.50. The first-order valence-corrected chi connectivity index (χ1v) is 1.99. The van der Waals surface area contributed by atoms with Crippen LogP contribution < -0.4 is 5.48 Å². The quantitative estimate of drug-likeness (QED) is 0.328. The van der Waals surface area contributed by atoms with Crippen molar-refractivity contribution >= 4 is 11.6 Å². The van der Waals surface area contributed by atoms with Crippen LogP contribution in [-0.2, 0) is 4.84 Å². The highest BCUT2D eigenvalue weighted by Gasteiger charge is 1.66. The topological polar surface area (TPSA) is 21.3 Å². The van der Waals surface area contributed by atoms with Gasteiger partial charge >= 0.3 is 0 Å². The standard InChI is InChI=1S/C3H6ClNO/c1-2-5-6-3-4/h2,5H,1,3H2. The summed E-state index contributed by atoms with van der Waals surface area (Å²) in [5.41, 5.74) is 2.33. The minimum absolute atomic E-state index is 0.145. The van der Waals surface area contributed by atoms with E-state index >= 15 is 0 Å². The summed E-state index contributed by atoms with van der Waals surface area (Å²) < 4.78 is 0. The second-order valence-electron chi connectivity index (χ2n) is 0.575. The molecule has 0 aromatic heterocycles. The van der Waals surface area contributed by atoms with Crippen molar-refractivity contribution in [2.24, 2.45) is 0 Å². The highest BCUT2D eigenvalue weighted by molar-refractivity contribution is 6.17. The summed E-state index contributed by atoms with van der Waals surface area (Å²) in [6.07, 6.45) is 1.41. The molecule has 36 valence electrons. The van der Waals surface area contributed by atoms with Gasteiger partial charge in [0.25, 0.3) is 0 Å². The van der Waals surface area contributed by atoms with E-state index in [2.05, 4.69) is 16.9 Å². The van der Waals surface area contributed by atoms with E-state index in [0.717, 1.165) is 0 Å². The van der Waals surface area contributed by atoms with E-state index < -0.39 is 0 Å². The summed E-state index contributed by atoms with van der Waals surface area (Å²) in [5.74, 6) is 0. The van der Waals surface area contributed by atoms with Crippen molar-refractivity contribution in [1.29, 1.82) is 0 Å². The Bertz CT molecular complexity index is 39.8. The SMILES string of the molecule is C=CNOCCl. The fourth-order valence-corrected chi connectivity index (χ4v) is 0.153. The summed E-state index contributed by atoms with van der Waals surface area (Å²) in [6, 6.07) is 0.145. The van der Waals surface area contributed by atoms with Crippen LogP contribution in [0.15, 0.2) is 12.8 Å². The zero-order valence-corrected chi connectivity index (χ0v) is 4.03. The van der Waals surface area contributed by atoms with Gasteiger partial charge in [-0.2, -0.15) is 0 Å². The number of hydroxylamine groups is 1. The van der Waals surface area contributed by atoms with Crippen molar-refractivity contribution in [3.63, 3.8) is 0 Å². The second-order valence-corrected chi connectivity index (χ2v) is 0.794. The number of alkyl halides is 1. The Balaban J connectivity index is 2.49. The molecule has 0 saturated heterocycles. The summed E-state index contributed by atoms with van der Waals surface area (Å²) in [4.78, 5) is 4.38. The Kier molecular flexibility index (Phi) is 4.62. The summed E-state index contributed by atoms with van der Waals surface area (Å²) >= 11 is 5.05. The van der Waals surface area contributed by atoms with Crippen LogP contribution in [-0.4, -0.2) is 6.07 Å². The van der Waals surface area contributed by atoms with Crippen LogP contribution in [0.4, 0.5) is 0 Å². The van der Waals surface area contributed by atoms with Gasteiger partial charge in [-0.05, 0) is 0 Å². The lowest BCUT2D eigenvalue weighted by Gasteiger charge is -1.90. The zero-order chi connectivity index (χ0) is 4.83. The zero-order valence-electron chi connectivity index (χ0n) is 3.28. The molecule has 0 aliphatic carbocycles. The van der Waals surface area contributed by atoms with E-state index in [4.69, 9.17) is 11.6 Å². The highest BCUT2D eigenvalue weighted by atomic mass is 35.5. The van der Waals surface area contributed by atoms with Gasteiger partial charge in [0.05, 0.1) is 0 Å². The van der Waals surface area contributed by atoms with Crippen molar-refractivity contribution in [3.8, 4) is 0 Å². The molecule has 6 heavy (non-hydrogen) atoms. The molecule has 0 aromatic carbocycles. The van der Waals surface area contributed by atoms with Gasteiger partial charge in [0.15, 0.2) is 0 Å². The van der Waals surface area contributed by atoms with Crippen molar-refractivity contribution in [2.45, 2.75) is 0 Å². The Morgan fingerprint density at radius 3 is 2.83 bits per heavy atom. The van der Waals surface area contributed by atoms with Gasteiger partial charge < -0.3 is 0 Å². The van der Waals surface area contributed by atoms with Crippen LogP contribution in [0.3, 0.4) is 0 Å². The van der Waals surface area contributed by atoms with Crippen LogP contribution in [0.5, 0.6) is 0 Å². The lowest BCUT2D eigenvalue weighted by Crippen LogP contribution is -2.02. The molecular formula is C3H6ClNO. The predicted molar refractivity (Wildman–Crippen MR) is 25.1 cm³/mol. The number of hydrogen-bond acceptors (Lipinski definition) is 2. The van der Waals surface area contributed by atoms with Crippen LogP contribution in [0.2, 0.25) is 0 Å². The van der Waals surface area contributed by atoms with E-state index in [0.29, 0.717) is 0 Å². The molecule has 0 bridgehead atoms. The van der Waals surface area contributed by atoms with Crippen molar-refractivity contribution in [1.82, 2.24) is 5.48 Å². The minimum atomic E-state index is 0.145. The maximum atomic E-state index is 5.05. The third kappa shape index (κ3) is 3.79. The van der Waals surface area contributed by atoms with Crippen molar-refractivity contribution in [3.05, 3.63) is 12.8 Å².